The summed E-state index contributed by atoms with van der Waals surface area (Å²) in [6.45, 7) is 0.859. The highest BCUT2D eigenvalue weighted by atomic mass is 16.4. The first-order chi connectivity index (χ1) is 9.65. The summed E-state index contributed by atoms with van der Waals surface area (Å²) >= 11 is 0. The quantitative estimate of drug-likeness (QED) is 0.746. The van der Waals surface area contributed by atoms with Gasteiger partial charge < -0.3 is 20.2 Å². The normalized spacial score (nSPS) is 15.2. The second kappa shape index (κ2) is 6.98. The first kappa shape index (κ1) is 14.4. The number of carboxylic acid groups (broad SMARTS) is 1. The van der Waals surface area contributed by atoms with Gasteiger partial charge in [-0.1, -0.05) is 25.7 Å². The number of carboxylic acids is 1. The van der Waals surface area contributed by atoms with Crippen molar-refractivity contribution in [1.82, 2.24) is 10.6 Å². The number of urea groups is 1. The number of nitrogens with one attached hydrogen (secondary N) is 2. The van der Waals surface area contributed by atoms with Gasteiger partial charge in [-0.25, -0.2) is 9.59 Å². The molecular weight excluding hydrogens is 260 g/mol. The smallest absolute Gasteiger partial charge is 0.371 e. The van der Waals surface area contributed by atoms with E-state index in [-0.39, 0.29) is 18.3 Å². The maximum atomic E-state index is 11.6. The van der Waals surface area contributed by atoms with E-state index in [2.05, 4.69) is 10.6 Å². The summed E-state index contributed by atoms with van der Waals surface area (Å²) in [4.78, 5) is 22.2. The van der Waals surface area contributed by atoms with Crippen molar-refractivity contribution in [1.29, 1.82) is 0 Å². The molecule has 6 nitrogen and oxygen atoms in total. The van der Waals surface area contributed by atoms with Crippen molar-refractivity contribution in [3.05, 3.63) is 23.7 Å². The zero-order valence-corrected chi connectivity index (χ0v) is 11.4. The number of aromatic carboxylic acids is 1. The standard InChI is InChI=1S/C14H20N2O4/c17-13(18)12-6-5-11(20-12)9-16-14(19)15-8-7-10-3-1-2-4-10/h5-6,10H,1-4,7-9H2,(H,17,18)(H2,15,16,19). The largest absolute Gasteiger partial charge is 0.475 e. The Morgan fingerprint density at radius 1 is 1.25 bits per heavy atom. The molecule has 2 amide bonds. The number of carbonyl (C=O) groups is 2. The van der Waals surface area contributed by atoms with Crippen LogP contribution < -0.4 is 10.6 Å². The number of hydrogen-bond acceptors (Lipinski definition) is 3. The van der Waals surface area contributed by atoms with Crippen LogP contribution >= 0.6 is 0 Å². The van der Waals surface area contributed by atoms with Gasteiger partial charge in [-0.2, -0.15) is 0 Å². The SMILES string of the molecule is O=C(NCCC1CCCC1)NCc1ccc(C(=O)O)o1. The Morgan fingerprint density at radius 2 is 2.00 bits per heavy atom. The average molecular weight is 280 g/mol. The second-order valence-electron chi connectivity index (χ2n) is 5.12. The molecular formula is C14H20N2O4. The van der Waals surface area contributed by atoms with Gasteiger partial charge in [0.05, 0.1) is 6.54 Å². The van der Waals surface area contributed by atoms with Gasteiger partial charge in [0.25, 0.3) is 0 Å². The summed E-state index contributed by atoms with van der Waals surface area (Å²) in [7, 11) is 0. The molecule has 0 bridgehead atoms. The third-order valence-electron chi connectivity index (χ3n) is 3.61. The van der Waals surface area contributed by atoms with E-state index in [4.69, 9.17) is 9.52 Å². The molecule has 0 aliphatic heterocycles. The first-order valence-corrected chi connectivity index (χ1v) is 6.99. The average Bonchev–Trinajstić information content (AvgIpc) is 3.07. The van der Waals surface area contributed by atoms with Crippen molar-refractivity contribution < 1.29 is 19.1 Å². The molecule has 6 heteroatoms. The van der Waals surface area contributed by atoms with E-state index in [0.29, 0.717) is 12.3 Å². The van der Waals surface area contributed by atoms with Gasteiger partial charge in [-0.05, 0) is 24.5 Å². The van der Waals surface area contributed by atoms with E-state index in [0.717, 1.165) is 12.3 Å². The van der Waals surface area contributed by atoms with Crippen LogP contribution in [0.25, 0.3) is 0 Å². The van der Waals surface area contributed by atoms with Crippen LogP contribution in [0.15, 0.2) is 16.5 Å². The van der Waals surface area contributed by atoms with Crippen molar-refractivity contribution in [2.45, 2.75) is 38.6 Å². The second-order valence-corrected chi connectivity index (χ2v) is 5.12. The Hall–Kier alpha value is -1.98. The highest BCUT2D eigenvalue weighted by Crippen LogP contribution is 2.26. The van der Waals surface area contributed by atoms with Crippen molar-refractivity contribution in [3.63, 3.8) is 0 Å². The van der Waals surface area contributed by atoms with E-state index < -0.39 is 5.97 Å². The van der Waals surface area contributed by atoms with Crippen molar-refractivity contribution >= 4 is 12.0 Å². The molecule has 2 rings (SSSR count). The van der Waals surface area contributed by atoms with E-state index in [9.17, 15) is 9.59 Å². The molecule has 0 atom stereocenters. The first-order valence-electron chi connectivity index (χ1n) is 6.99. The lowest BCUT2D eigenvalue weighted by Gasteiger charge is -2.10. The summed E-state index contributed by atoms with van der Waals surface area (Å²) in [6, 6.07) is 2.66. The monoisotopic (exact) mass is 280 g/mol. The van der Waals surface area contributed by atoms with Crippen LogP contribution in [0.1, 0.15) is 48.4 Å². The molecule has 0 radical (unpaired) electrons. The Bertz CT molecular complexity index is 463. The topological polar surface area (TPSA) is 91.6 Å². The van der Waals surface area contributed by atoms with Crippen LogP contribution in [0.3, 0.4) is 0 Å². The fraction of sp³-hybridized carbons (Fsp3) is 0.571. The molecule has 20 heavy (non-hydrogen) atoms. The molecule has 0 aromatic carbocycles. The lowest BCUT2D eigenvalue weighted by molar-refractivity contribution is 0.0660. The van der Waals surface area contributed by atoms with Crippen LogP contribution in [-0.2, 0) is 6.54 Å². The number of amides is 2. The zero-order chi connectivity index (χ0) is 14.4. The summed E-state index contributed by atoms with van der Waals surface area (Å²) in [5.74, 6) is -0.0625. The minimum absolute atomic E-state index is 0.122. The van der Waals surface area contributed by atoms with Gasteiger partial charge in [-0.15, -0.1) is 0 Å². The Morgan fingerprint density at radius 3 is 2.65 bits per heavy atom. The van der Waals surface area contributed by atoms with Gasteiger partial charge in [-0.3, -0.25) is 0 Å². The van der Waals surface area contributed by atoms with Crippen LogP contribution in [0.5, 0.6) is 0 Å². The fourth-order valence-electron chi connectivity index (χ4n) is 2.51. The van der Waals surface area contributed by atoms with Gasteiger partial charge in [0.15, 0.2) is 0 Å². The molecule has 110 valence electrons. The summed E-state index contributed by atoms with van der Waals surface area (Å²) in [5, 5.41) is 14.1. The highest BCUT2D eigenvalue weighted by Gasteiger charge is 2.14. The van der Waals surface area contributed by atoms with E-state index in [1.54, 1.807) is 6.07 Å². The van der Waals surface area contributed by atoms with Crippen LogP contribution in [-0.4, -0.2) is 23.7 Å². The Labute approximate surface area is 117 Å². The third-order valence-corrected chi connectivity index (χ3v) is 3.61. The highest BCUT2D eigenvalue weighted by molar-refractivity contribution is 5.84. The maximum Gasteiger partial charge on any atom is 0.371 e. The number of rotatable bonds is 6. The van der Waals surface area contributed by atoms with E-state index in [1.807, 2.05) is 0 Å². The fourth-order valence-corrected chi connectivity index (χ4v) is 2.51. The number of hydrogen-bond donors (Lipinski definition) is 3. The third kappa shape index (κ3) is 4.29. The predicted molar refractivity (Wildman–Crippen MR) is 72.5 cm³/mol. The minimum Gasteiger partial charge on any atom is -0.475 e. The molecule has 0 spiro atoms. The van der Waals surface area contributed by atoms with Gasteiger partial charge in [0, 0.05) is 6.54 Å². The van der Waals surface area contributed by atoms with Crippen molar-refractivity contribution in [2.75, 3.05) is 6.54 Å². The van der Waals surface area contributed by atoms with Crippen LogP contribution in [0, 0.1) is 5.92 Å². The minimum atomic E-state index is -1.11. The molecule has 1 aromatic heterocycles. The van der Waals surface area contributed by atoms with E-state index >= 15 is 0 Å². The molecule has 1 aromatic rings. The van der Waals surface area contributed by atoms with Gasteiger partial charge >= 0.3 is 12.0 Å². The molecule has 1 aliphatic carbocycles. The number of carbonyl (C=O) groups excluding carboxylic acids is 1. The van der Waals surface area contributed by atoms with Crippen LogP contribution in [0.2, 0.25) is 0 Å². The molecule has 3 N–H and O–H groups in total. The zero-order valence-electron chi connectivity index (χ0n) is 11.4. The summed E-state index contributed by atoms with van der Waals surface area (Å²) < 4.78 is 5.04. The molecule has 0 saturated heterocycles. The van der Waals surface area contributed by atoms with E-state index in [1.165, 1.54) is 31.7 Å². The molecule has 1 saturated carbocycles. The van der Waals surface area contributed by atoms with Crippen molar-refractivity contribution in [2.24, 2.45) is 5.92 Å². The lowest BCUT2D eigenvalue weighted by Crippen LogP contribution is -2.35. The van der Waals surface area contributed by atoms with Gasteiger partial charge in [0.2, 0.25) is 5.76 Å². The lowest BCUT2D eigenvalue weighted by atomic mass is 10.0. The summed E-state index contributed by atoms with van der Waals surface area (Å²) in [6.07, 6.45) is 6.18. The molecule has 1 heterocycles. The Balaban J connectivity index is 1.62. The van der Waals surface area contributed by atoms with Crippen LogP contribution in [0.4, 0.5) is 4.79 Å². The maximum absolute atomic E-state index is 11.6. The summed E-state index contributed by atoms with van der Waals surface area (Å²) in [5.41, 5.74) is 0. The van der Waals surface area contributed by atoms with Gasteiger partial charge in [0.1, 0.15) is 5.76 Å². The molecule has 1 fully saturated rings. The Kier molecular flexibility index (Phi) is 5.03. The number of furan rings is 1. The molecule has 0 unspecified atom stereocenters. The predicted octanol–water partition coefficient (Wildman–Crippen LogP) is 2.36. The molecule has 1 aliphatic rings. The van der Waals surface area contributed by atoms with Crippen molar-refractivity contribution in [3.8, 4) is 0 Å².